The molecule has 2 aromatic rings. The molecule has 5 nitrogen and oxygen atoms in total. The predicted molar refractivity (Wildman–Crippen MR) is 59.4 cm³/mol. The zero-order chi connectivity index (χ0) is 11.5. The molecule has 0 atom stereocenters. The van der Waals surface area contributed by atoms with E-state index in [1.54, 1.807) is 18.2 Å². The summed E-state index contributed by atoms with van der Waals surface area (Å²) in [5.74, 6) is 0.585. The van der Waals surface area contributed by atoms with Crippen molar-refractivity contribution in [2.45, 2.75) is 0 Å². The third kappa shape index (κ3) is 1.81. The molecule has 0 amide bonds. The highest BCUT2D eigenvalue weighted by Gasteiger charge is 2.10. The van der Waals surface area contributed by atoms with Gasteiger partial charge < -0.3 is 4.74 Å². The van der Waals surface area contributed by atoms with Crippen LogP contribution in [-0.2, 0) is 0 Å². The standard InChI is InChI=1S/C10H7N3O2S/c1-15-8-3-2-6(5-11)4-7(8)9-12-13-10(14)16-9/h2-4H,1H3,(H,13,14). The molecule has 0 fully saturated rings. The predicted octanol–water partition coefficient (Wildman–Crippen LogP) is 1.38. The molecule has 0 saturated heterocycles. The Morgan fingerprint density at radius 3 is 2.94 bits per heavy atom. The van der Waals surface area contributed by atoms with E-state index < -0.39 is 0 Å². The van der Waals surface area contributed by atoms with Crippen LogP contribution in [0.5, 0.6) is 5.75 Å². The number of nitrogens with one attached hydrogen (secondary N) is 1. The third-order valence-electron chi connectivity index (χ3n) is 2.00. The summed E-state index contributed by atoms with van der Waals surface area (Å²) >= 11 is 0.978. The summed E-state index contributed by atoms with van der Waals surface area (Å²) in [6.45, 7) is 0. The fourth-order valence-electron chi connectivity index (χ4n) is 1.29. The first-order valence-corrected chi connectivity index (χ1v) is 5.20. The van der Waals surface area contributed by atoms with Crippen molar-refractivity contribution in [2.75, 3.05) is 7.11 Å². The SMILES string of the molecule is COc1ccc(C#N)cc1-c1n[nH]c(=O)s1. The number of ether oxygens (including phenoxy) is 1. The van der Waals surface area contributed by atoms with E-state index in [0.717, 1.165) is 11.3 Å². The molecular weight excluding hydrogens is 226 g/mol. The summed E-state index contributed by atoms with van der Waals surface area (Å²) in [6, 6.07) is 7.00. The van der Waals surface area contributed by atoms with Crippen LogP contribution in [0.4, 0.5) is 0 Å². The average molecular weight is 233 g/mol. The monoisotopic (exact) mass is 233 g/mol. The van der Waals surface area contributed by atoms with Crippen molar-refractivity contribution in [2.24, 2.45) is 0 Å². The largest absolute Gasteiger partial charge is 0.496 e. The van der Waals surface area contributed by atoms with Gasteiger partial charge in [-0.3, -0.25) is 4.79 Å². The maximum Gasteiger partial charge on any atom is 0.322 e. The van der Waals surface area contributed by atoms with Crippen LogP contribution in [0.25, 0.3) is 10.6 Å². The number of nitrogens with zero attached hydrogens (tertiary/aromatic N) is 2. The van der Waals surface area contributed by atoms with Gasteiger partial charge in [-0.25, -0.2) is 5.10 Å². The van der Waals surface area contributed by atoms with Crippen LogP contribution in [-0.4, -0.2) is 17.3 Å². The molecule has 0 spiro atoms. The van der Waals surface area contributed by atoms with Crippen LogP contribution in [0.2, 0.25) is 0 Å². The zero-order valence-electron chi connectivity index (χ0n) is 8.35. The van der Waals surface area contributed by atoms with Gasteiger partial charge in [-0.05, 0) is 18.2 Å². The first kappa shape index (κ1) is 10.4. The van der Waals surface area contributed by atoms with Crippen molar-refractivity contribution >= 4 is 11.3 Å². The first-order valence-electron chi connectivity index (χ1n) is 4.38. The lowest BCUT2D eigenvalue weighted by atomic mass is 10.1. The molecule has 0 saturated carbocycles. The summed E-state index contributed by atoms with van der Waals surface area (Å²) in [4.78, 5) is 10.8. The Bertz CT molecular complexity index is 609. The maximum absolute atomic E-state index is 11.0. The van der Waals surface area contributed by atoms with Gasteiger partial charge in [0.2, 0.25) is 0 Å². The Hall–Kier alpha value is -2.13. The van der Waals surface area contributed by atoms with E-state index >= 15 is 0 Å². The summed E-state index contributed by atoms with van der Waals surface area (Å²) in [5, 5.41) is 15.5. The van der Waals surface area contributed by atoms with E-state index in [0.29, 0.717) is 21.9 Å². The first-order chi connectivity index (χ1) is 7.74. The van der Waals surface area contributed by atoms with Gasteiger partial charge >= 0.3 is 4.87 Å². The highest BCUT2D eigenvalue weighted by atomic mass is 32.1. The Morgan fingerprint density at radius 1 is 1.56 bits per heavy atom. The second kappa shape index (κ2) is 4.16. The van der Waals surface area contributed by atoms with Crippen molar-refractivity contribution in [3.63, 3.8) is 0 Å². The number of nitriles is 1. The zero-order valence-corrected chi connectivity index (χ0v) is 9.17. The summed E-state index contributed by atoms with van der Waals surface area (Å²) in [5.41, 5.74) is 1.14. The summed E-state index contributed by atoms with van der Waals surface area (Å²) in [6.07, 6.45) is 0. The Balaban J connectivity index is 2.62. The highest BCUT2D eigenvalue weighted by molar-refractivity contribution is 7.12. The number of rotatable bonds is 2. The molecule has 1 aromatic heterocycles. The third-order valence-corrected chi connectivity index (χ3v) is 2.78. The summed E-state index contributed by atoms with van der Waals surface area (Å²) < 4.78 is 5.15. The van der Waals surface area contributed by atoms with E-state index in [1.807, 2.05) is 6.07 Å². The molecule has 16 heavy (non-hydrogen) atoms. The van der Waals surface area contributed by atoms with Crippen molar-refractivity contribution < 1.29 is 4.74 Å². The second-order valence-electron chi connectivity index (χ2n) is 2.95. The number of hydrogen-bond acceptors (Lipinski definition) is 5. The Labute approximate surface area is 94.9 Å². The molecule has 0 aliphatic carbocycles. The molecule has 0 aliphatic rings. The molecule has 1 heterocycles. The molecule has 1 N–H and O–H groups in total. The minimum atomic E-state index is -0.237. The smallest absolute Gasteiger partial charge is 0.322 e. The lowest BCUT2D eigenvalue weighted by Gasteiger charge is -2.04. The molecular formula is C10H7N3O2S. The molecule has 1 aromatic carbocycles. The van der Waals surface area contributed by atoms with Crippen molar-refractivity contribution in [3.8, 4) is 22.4 Å². The van der Waals surface area contributed by atoms with Crippen molar-refractivity contribution in [1.29, 1.82) is 5.26 Å². The summed E-state index contributed by atoms with van der Waals surface area (Å²) in [7, 11) is 1.53. The number of hydrogen-bond donors (Lipinski definition) is 1. The topological polar surface area (TPSA) is 78.8 Å². The molecule has 0 aliphatic heterocycles. The quantitative estimate of drug-likeness (QED) is 0.849. The number of benzene rings is 1. The van der Waals surface area contributed by atoms with Crippen LogP contribution < -0.4 is 9.61 Å². The van der Waals surface area contributed by atoms with Crippen LogP contribution in [0.3, 0.4) is 0 Å². The second-order valence-corrected chi connectivity index (χ2v) is 3.91. The van der Waals surface area contributed by atoms with E-state index in [1.165, 1.54) is 7.11 Å². The molecule has 0 bridgehead atoms. The van der Waals surface area contributed by atoms with Gasteiger partial charge in [-0.1, -0.05) is 11.3 Å². The molecule has 0 unspecified atom stereocenters. The fourth-order valence-corrected chi connectivity index (χ4v) is 1.92. The maximum atomic E-state index is 11.0. The van der Waals surface area contributed by atoms with Gasteiger partial charge in [0.1, 0.15) is 5.75 Å². The van der Waals surface area contributed by atoms with Gasteiger partial charge in [-0.15, -0.1) is 0 Å². The molecule has 6 heteroatoms. The van der Waals surface area contributed by atoms with Gasteiger partial charge in [0, 0.05) is 0 Å². The van der Waals surface area contributed by atoms with Crippen LogP contribution >= 0.6 is 11.3 Å². The highest BCUT2D eigenvalue weighted by Crippen LogP contribution is 2.30. The van der Waals surface area contributed by atoms with E-state index in [-0.39, 0.29) is 4.87 Å². The van der Waals surface area contributed by atoms with Gasteiger partial charge in [0.05, 0.1) is 24.3 Å². The minimum Gasteiger partial charge on any atom is -0.496 e. The lowest BCUT2D eigenvalue weighted by Crippen LogP contribution is -1.90. The average Bonchev–Trinajstić information content (AvgIpc) is 2.75. The van der Waals surface area contributed by atoms with Gasteiger partial charge in [0.15, 0.2) is 5.01 Å². The molecule has 80 valence electrons. The number of methoxy groups -OCH3 is 1. The van der Waals surface area contributed by atoms with E-state index in [4.69, 9.17) is 10.00 Å². The normalized spacial score (nSPS) is 9.75. The fraction of sp³-hybridized carbons (Fsp3) is 0.100. The van der Waals surface area contributed by atoms with Gasteiger partial charge in [-0.2, -0.15) is 10.4 Å². The minimum absolute atomic E-state index is 0.237. The van der Waals surface area contributed by atoms with Crippen LogP contribution in [0.15, 0.2) is 23.0 Å². The number of aromatic amines is 1. The number of aromatic nitrogens is 2. The number of H-pyrrole nitrogens is 1. The van der Waals surface area contributed by atoms with Crippen molar-refractivity contribution in [3.05, 3.63) is 33.4 Å². The lowest BCUT2D eigenvalue weighted by molar-refractivity contribution is 0.416. The Morgan fingerprint density at radius 2 is 2.38 bits per heavy atom. The molecule has 0 radical (unpaired) electrons. The Kier molecular flexibility index (Phi) is 2.70. The van der Waals surface area contributed by atoms with Crippen LogP contribution in [0, 0.1) is 11.3 Å². The van der Waals surface area contributed by atoms with E-state index in [9.17, 15) is 4.79 Å². The van der Waals surface area contributed by atoms with E-state index in [2.05, 4.69) is 10.2 Å². The van der Waals surface area contributed by atoms with Crippen molar-refractivity contribution in [1.82, 2.24) is 10.2 Å². The van der Waals surface area contributed by atoms with Crippen LogP contribution in [0.1, 0.15) is 5.56 Å². The molecule has 2 rings (SSSR count). The van der Waals surface area contributed by atoms with Gasteiger partial charge in [0.25, 0.3) is 0 Å².